The van der Waals surface area contributed by atoms with E-state index in [0.29, 0.717) is 6.42 Å². The summed E-state index contributed by atoms with van der Waals surface area (Å²) in [6, 6.07) is 8.29. The van der Waals surface area contributed by atoms with Crippen molar-refractivity contribution in [3.63, 3.8) is 0 Å². The van der Waals surface area contributed by atoms with Crippen LogP contribution >= 0.6 is 22.6 Å². The molecule has 2 N–H and O–H groups in total. The summed E-state index contributed by atoms with van der Waals surface area (Å²) < 4.78 is 1.12. The van der Waals surface area contributed by atoms with Crippen LogP contribution < -0.4 is 10.6 Å². The zero-order valence-corrected chi connectivity index (χ0v) is 11.0. The fourth-order valence-electron chi connectivity index (χ4n) is 1.35. The van der Waals surface area contributed by atoms with Crippen LogP contribution in [-0.2, 0) is 0 Å². The van der Waals surface area contributed by atoms with E-state index >= 15 is 0 Å². The summed E-state index contributed by atoms with van der Waals surface area (Å²) in [5.41, 5.74) is 7.67. The van der Waals surface area contributed by atoms with E-state index in [4.69, 9.17) is 11.0 Å². The maximum atomic E-state index is 8.64. The van der Waals surface area contributed by atoms with Gasteiger partial charge >= 0.3 is 0 Å². The van der Waals surface area contributed by atoms with Gasteiger partial charge in [0, 0.05) is 16.7 Å². The molecular weight excluding hydrogens is 301 g/mol. The zero-order valence-electron chi connectivity index (χ0n) is 8.87. The summed E-state index contributed by atoms with van der Waals surface area (Å²) >= 11 is 2.23. The van der Waals surface area contributed by atoms with Gasteiger partial charge in [-0.05, 0) is 47.7 Å². The number of benzene rings is 1. The molecule has 0 aliphatic heterocycles. The third-order valence-corrected chi connectivity index (χ3v) is 3.09. The van der Waals surface area contributed by atoms with Gasteiger partial charge in [0.1, 0.15) is 0 Å². The maximum Gasteiger partial charge on any atom is 0.0643 e. The van der Waals surface area contributed by atoms with E-state index in [9.17, 15) is 0 Å². The second-order valence-corrected chi connectivity index (χ2v) is 4.77. The maximum absolute atomic E-state index is 8.64. The Hall–Kier alpha value is -0.960. The Morgan fingerprint density at radius 2 is 2.27 bits per heavy atom. The Balaban J connectivity index is 2.91. The first kappa shape index (κ1) is 12.1. The van der Waals surface area contributed by atoms with Crippen molar-refractivity contribution >= 4 is 34.0 Å². The van der Waals surface area contributed by atoms with Gasteiger partial charge in [-0.25, -0.2) is 0 Å². The number of anilines is 2. The highest BCUT2D eigenvalue weighted by Crippen LogP contribution is 2.26. The van der Waals surface area contributed by atoms with Crippen molar-refractivity contribution in [1.82, 2.24) is 0 Å². The Bertz CT molecular complexity index is 384. The highest BCUT2D eigenvalue weighted by Gasteiger charge is 2.11. The Kier molecular flexibility index (Phi) is 4.21. The molecule has 3 nitrogen and oxygen atoms in total. The lowest BCUT2D eigenvalue weighted by atomic mass is 10.2. The fraction of sp³-hybridized carbons (Fsp3) is 0.364. The minimum Gasteiger partial charge on any atom is -0.397 e. The molecule has 1 aromatic carbocycles. The molecule has 0 heterocycles. The molecular formula is C11H14IN3. The van der Waals surface area contributed by atoms with Crippen LogP contribution in [0.2, 0.25) is 0 Å². The Morgan fingerprint density at radius 3 is 2.80 bits per heavy atom. The number of nitrogen functional groups attached to an aromatic ring is 1. The minimum atomic E-state index is 0.178. The average Bonchev–Trinajstić information content (AvgIpc) is 2.17. The van der Waals surface area contributed by atoms with Crippen LogP contribution in [0.1, 0.15) is 13.3 Å². The SMILES string of the molecule is CC(CC#N)N(C)c1ccc(I)cc1N. The summed E-state index contributed by atoms with van der Waals surface area (Å²) in [5.74, 6) is 0. The number of rotatable bonds is 3. The van der Waals surface area contributed by atoms with Gasteiger partial charge in [-0.1, -0.05) is 0 Å². The Morgan fingerprint density at radius 1 is 1.60 bits per heavy atom. The standard InChI is InChI=1S/C11H14IN3/c1-8(5-6-13)15(2)11-4-3-9(12)7-10(11)14/h3-4,7-8H,5,14H2,1-2H3. The topological polar surface area (TPSA) is 53.0 Å². The summed E-state index contributed by atoms with van der Waals surface area (Å²) in [5, 5.41) is 8.64. The molecule has 0 spiro atoms. The molecule has 0 aliphatic rings. The molecule has 80 valence electrons. The second kappa shape index (κ2) is 5.21. The number of nitriles is 1. The molecule has 15 heavy (non-hydrogen) atoms. The third-order valence-electron chi connectivity index (χ3n) is 2.42. The summed E-state index contributed by atoms with van der Waals surface area (Å²) in [6.07, 6.45) is 0.502. The molecule has 0 amide bonds. The summed E-state index contributed by atoms with van der Waals surface area (Å²) in [6.45, 7) is 2.01. The molecule has 0 bridgehead atoms. The predicted octanol–water partition coefficient (Wildman–Crippen LogP) is 2.61. The molecule has 4 heteroatoms. The lowest BCUT2D eigenvalue weighted by molar-refractivity contribution is 0.703. The van der Waals surface area contributed by atoms with Crippen LogP contribution in [0.4, 0.5) is 11.4 Å². The Labute approximate surface area is 104 Å². The van der Waals surface area contributed by atoms with Crippen LogP contribution in [0.3, 0.4) is 0 Å². The van der Waals surface area contributed by atoms with Gasteiger partial charge in [0.25, 0.3) is 0 Å². The van der Waals surface area contributed by atoms with Crippen LogP contribution in [0.5, 0.6) is 0 Å². The zero-order chi connectivity index (χ0) is 11.4. The highest BCUT2D eigenvalue weighted by atomic mass is 127. The van der Waals surface area contributed by atoms with E-state index in [-0.39, 0.29) is 6.04 Å². The van der Waals surface area contributed by atoms with Gasteiger partial charge < -0.3 is 10.6 Å². The smallest absolute Gasteiger partial charge is 0.0643 e. The molecule has 1 rings (SSSR count). The first-order chi connectivity index (χ1) is 7.06. The number of nitrogens with zero attached hydrogens (tertiary/aromatic N) is 2. The molecule has 0 aromatic heterocycles. The fourth-order valence-corrected chi connectivity index (χ4v) is 1.87. The van der Waals surface area contributed by atoms with E-state index < -0.39 is 0 Å². The van der Waals surface area contributed by atoms with Crippen LogP contribution in [0, 0.1) is 14.9 Å². The van der Waals surface area contributed by atoms with Crippen LogP contribution in [-0.4, -0.2) is 13.1 Å². The van der Waals surface area contributed by atoms with Gasteiger partial charge in [-0.15, -0.1) is 0 Å². The highest BCUT2D eigenvalue weighted by molar-refractivity contribution is 14.1. The van der Waals surface area contributed by atoms with E-state index in [2.05, 4.69) is 28.7 Å². The van der Waals surface area contributed by atoms with E-state index in [0.717, 1.165) is 14.9 Å². The first-order valence-corrected chi connectivity index (χ1v) is 5.79. The number of hydrogen-bond donors (Lipinski definition) is 1. The molecule has 0 saturated heterocycles. The van der Waals surface area contributed by atoms with Crippen molar-refractivity contribution in [2.24, 2.45) is 0 Å². The van der Waals surface area contributed by atoms with Crippen molar-refractivity contribution in [2.75, 3.05) is 17.7 Å². The number of hydrogen-bond acceptors (Lipinski definition) is 3. The summed E-state index contributed by atoms with van der Waals surface area (Å²) in [7, 11) is 1.96. The average molecular weight is 315 g/mol. The van der Waals surface area contributed by atoms with Crippen LogP contribution in [0.15, 0.2) is 18.2 Å². The van der Waals surface area contributed by atoms with E-state index in [1.165, 1.54) is 0 Å². The van der Waals surface area contributed by atoms with Crippen molar-refractivity contribution < 1.29 is 0 Å². The monoisotopic (exact) mass is 315 g/mol. The van der Waals surface area contributed by atoms with Crippen LogP contribution in [0.25, 0.3) is 0 Å². The molecule has 1 aromatic rings. The molecule has 0 radical (unpaired) electrons. The largest absolute Gasteiger partial charge is 0.397 e. The van der Waals surface area contributed by atoms with Crippen molar-refractivity contribution in [2.45, 2.75) is 19.4 Å². The lowest BCUT2D eigenvalue weighted by Gasteiger charge is -2.26. The lowest BCUT2D eigenvalue weighted by Crippen LogP contribution is -2.29. The normalized spacial score (nSPS) is 11.9. The van der Waals surface area contributed by atoms with Crippen molar-refractivity contribution in [1.29, 1.82) is 5.26 Å². The first-order valence-electron chi connectivity index (χ1n) is 4.71. The van der Waals surface area contributed by atoms with Gasteiger partial charge in [0.2, 0.25) is 0 Å². The third kappa shape index (κ3) is 2.99. The molecule has 1 atom stereocenters. The predicted molar refractivity (Wildman–Crippen MR) is 71.7 cm³/mol. The molecule has 0 aliphatic carbocycles. The van der Waals surface area contributed by atoms with Crippen molar-refractivity contribution in [3.8, 4) is 6.07 Å². The molecule has 0 saturated carbocycles. The van der Waals surface area contributed by atoms with Gasteiger partial charge in [-0.3, -0.25) is 0 Å². The van der Waals surface area contributed by atoms with Gasteiger partial charge in [0.05, 0.1) is 23.9 Å². The van der Waals surface area contributed by atoms with Gasteiger partial charge in [0.15, 0.2) is 0 Å². The van der Waals surface area contributed by atoms with Crippen molar-refractivity contribution in [3.05, 3.63) is 21.8 Å². The van der Waals surface area contributed by atoms with E-state index in [1.54, 1.807) is 0 Å². The minimum absolute atomic E-state index is 0.178. The number of nitrogens with two attached hydrogens (primary N) is 1. The molecule has 0 fully saturated rings. The second-order valence-electron chi connectivity index (χ2n) is 3.53. The van der Waals surface area contributed by atoms with Gasteiger partial charge in [-0.2, -0.15) is 5.26 Å². The summed E-state index contributed by atoms with van der Waals surface area (Å²) in [4.78, 5) is 2.04. The quantitative estimate of drug-likeness (QED) is 0.689. The van der Waals surface area contributed by atoms with E-state index in [1.807, 2.05) is 37.1 Å². The molecule has 1 unspecified atom stereocenters. The number of halogens is 1.